The van der Waals surface area contributed by atoms with Crippen LogP contribution in [0.1, 0.15) is 24.5 Å². The lowest BCUT2D eigenvalue weighted by molar-refractivity contribution is -0.137. The van der Waals surface area contributed by atoms with Crippen LogP contribution < -0.4 is 5.32 Å². The Morgan fingerprint density at radius 1 is 1.39 bits per heavy atom. The molecule has 0 saturated heterocycles. The Hall–Kier alpha value is -1.96. The van der Waals surface area contributed by atoms with Crippen molar-refractivity contribution in [1.82, 2.24) is 0 Å². The van der Waals surface area contributed by atoms with E-state index in [0.717, 1.165) is 12.5 Å². The van der Waals surface area contributed by atoms with Gasteiger partial charge in [0, 0.05) is 12.2 Å². The topological polar surface area (TPSA) is 35.8 Å². The Balaban J connectivity index is 2.83. The molecule has 96 valence electrons. The summed E-state index contributed by atoms with van der Waals surface area (Å²) in [4.78, 5) is 0. The lowest BCUT2D eigenvalue weighted by atomic mass is 10.1. The van der Waals surface area contributed by atoms with Gasteiger partial charge in [0.15, 0.2) is 0 Å². The third-order valence-electron chi connectivity index (χ3n) is 2.32. The van der Waals surface area contributed by atoms with Crippen LogP contribution in [0.3, 0.4) is 0 Å². The lowest BCUT2D eigenvalue weighted by Gasteiger charge is -2.11. The van der Waals surface area contributed by atoms with E-state index in [1.807, 2.05) is 19.1 Å². The van der Waals surface area contributed by atoms with Crippen molar-refractivity contribution in [3.63, 3.8) is 0 Å². The quantitative estimate of drug-likeness (QED) is 0.652. The number of hydrogen-bond acceptors (Lipinski definition) is 2. The predicted octanol–water partition coefficient (Wildman–Crippen LogP) is 3.96. The molecule has 0 saturated carbocycles. The van der Waals surface area contributed by atoms with Crippen LogP contribution in [0.4, 0.5) is 18.9 Å². The SMILES string of the molecule is C/C=C/CCNc1ccc(C(F)(F)F)c(C#N)c1. The van der Waals surface area contributed by atoms with Gasteiger partial charge in [-0.25, -0.2) is 0 Å². The third kappa shape index (κ3) is 3.81. The summed E-state index contributed by atoms with van der Waals surface area (Å²) in [7, 11) is 0. The molecule has 0 fully saturated rings. The molecule has 1 N–H and O–H groups in total. The summed E-state index contributed by atoms with van der Waals surface area (Å²) in [5.74, 6) is 0. The molecule has 0 unspecified atom stereocenters. The van der Waals surface area contributed by atoms with Crippen molar-refractivity contribution in [3.05, 3.63) is 41.5 Å². The number of halogens is 3. The first-order chi connectivity index (χ1) is 8.49. The highest BCUT2D eigenvalue weighted by Crippen LogP contribution is 2.32. The second-order valence-corrected chi connectivity index (χ2v) is 3.65. The van der Waals surface area contributed by atoms with Crippen LogP contribution in [-0.4, -0.2) is 6.54 Å². The van der Waals surface area contributed by atoms with Crippen molar-refractivity contribution < 1.29 is 13.2 Å². The van der Waals surface area contributed by atoms with E-state index in [1.54, 1.807) is 6.07 Å². The molecule has 0 spiro atoms. The van der Waals surface area contributed by atoms with Crippen molar-refractivity contribution in [1.29, 1.82) is 5.26 Å². The van der Waals surface area contributed by atoms with E-state index in [2.05, 4.69) is 5.32 Å². The molecule has 0 aliphatic rings. The first-order valence-electron chi connectivity index (χ1n) is 5.45. The summed E-state index contributed by atoms with van der Waals surface area (Å²) in [5.41, 5.74) is -0.744. The summed E-state index contributed by atoms with van der Waals surface area (Å²) >= 11 is 0. The number of nitrogens with zero attached hydrogens (tertiary/aromatic N) is 1. The van der Waals surface area contributed by atoms with Gasteiger partial charge in [0.25, 0.3) is 0 Å². The molecule has 1 aromatic rings. The molecule has 0 radical (unpaired) electrons. The third-order valence-corrected chi connectivity index (χ3v) is 2.32. The van der Waals surface area contributed by atoms with Gasteiger partial charge in [-0.2, -0.15) is 18.4 Å². The fourth-order valence-electron chi connectivity index (χ4n) is 1.46. The van der Waals surface area contributed by atoms with Crippen LogP contribution in [0.15, 0.2) is 30.4 Å². The van der Waals surface area contributed by atoms with Crippen LogP contribution in [0.5, 0.6) is 0 Å². The fraction of sp³-hybridized carbons (Fsp3) is 0.308. The van der Waals surface area contributed by atoms with Crippen molar-refractivity contribution in [2.75, 3.05) is 11.9 Å². The second-order valence-electron chi connectivity index (χ2n) is 3.65. The largest absolute Gasteiger partial charge is 0.417 e. The zero-order valence-electron chi connectivity index (χ0n) is 9.88. The number of benzene rings is 1. The van der Waals surface area contributed by atoms with E-state index in [-0.39, 0.29) is 5.56 Å². The van der Waals surface area contributed by atoms with E-state index in [9.17, 15) is 13.2 Å². The number of nitrogens with one attached hydrogen (secondary N) is 1. The smallest absolute Gasteiger partial charge is 0.385 e. The van der Waals surface area contributed by atoms with Gasteiger partial charge in [0.2, 0.25) is 0 Å². The summed E-state index contributed by atoms with van der Waals surface area (Å²) in [5, 5.41) is 11.7. The van der Waals surface area contributed by atoms with Crippen LogP contribution in [0.25, 0.3) is 0 Å². The molecule has 1 aromatic carbocycles. The van der Waals surface area contributed by atoms with Crippen molar-refractivity contribution in [2.24, 2.45) is 0 Å². The summed E-state index contributed by atoms with van der Waals surface area (Å²) in [6, 6.07) is 5.05. The number of nitriles is 1. The maximum Gasteiger partial charge on any atom is 0.417 e. The minimum Gasteiger partial charge on any atom is -0.385 e. The first-order valence-corrected chi connectivity index (χ1v) is 5.45. The summed E-state index contributed by atoms with van der Waals surface area (Å²) in [6.45, 7) is 2.51. The van der Waals surface area contributed by atoms with E-state index >= 15 is 0 Å². The average molecular weight is 254 g/mol. The van der Waals surface area contributed by atoms with Crippen LogP contribution in [-0.2, 0) is 6.18 Å². The van der Waals surface area contributed by atoms with Gasteiger partial charge in [-0.15, -0.1) is 0 Å². The number of allylic oxidation sites excluding steroid dienone is 1. The molecule has 0 amide bonds. The van der Waals surface area contributed by atoms with E-state index < -0.39 is 11.7 Å². The van der Waals surface area contributed by atoms with E-state index in [0.29, 0.717) is 12.2 Å². The van der Waals surface area contributed by atoms with Gasteiger partial charge >= 0.3 is 6.18 Å². The Kier molecular flexibility index (Phi) is 4.78. The maximum atomic E-state index is 12.5. The number of alkyl halides is 3. The van der Waals surface area contributed by atoms with Crippen molar-refractivity contribution in [3.8, 4) is 6.07 Å². The Morgan fingerprint density at radius 2 is 2.11 bits per heavy atom. The standard InChI is InChI=1S/C13H13F3N2/c1-2-3-4-7-18-11-5-6-12(13(14,15)16)10(8-11)9-17/h2-3,5-6,8,18H,4,7H2,1H3/b3-2+. The van der Waals surface area contributed by atoms with Crippen LogP contribution >= 0.6 is 0 Å². The lowest BCUT2D eigenvalue weighted by Crippen LogP contribution is -2.09. The minimum atomic E-state index is -4.49. The Labute approximate surface area is 104 Å². The molecule has 18 heavy (non-hydrogen) atoms. The second kappa shape index (κ2) is 6.10. The Bertz CT molecular complexity index is 470. The molecule has 0 aliphatic heterocycles. The highest BCUT2D eigenvalue weighted by molar-refractivity contribution is 5.53. The van der Waals surface area contributed by atoms with Crippen molar-refractivity contribution in [2.45, 2.75) is 19.5 Å². The van der Waals surface area contributed by atoms with Gasteiger partial charge in [0.1, 0.15) is 0 Å². The van der Waals surface area contributed by atoms with Gasteiger partial charge in [-0.3, -0.25) is 0 Å². The Morgan fingerprint density at radius 3 is 2.67 bits per heavy atom. The molecule has 1 rings (SSSR count). The maximum absolute atomic E-state index is 12.5. The molecule has 0 bridgehead atoms. The van der Waals surface area contributed by atoms with E-state index in [4.69, 9.17) is 5.26 Å². The molecule has 0 aromatic heterocycles. The number of rotatable bonds is 4. The zero-order chi connectivity index (χ0) is 13.6. The minimum absolute atomic E-state index is 0.362. The molecule has 0 aliphatic carbocycles. The predicted molar refractivity (Wildman–Crippen MR) is 64.1 cm³/mol. The normalized spacial score (nSPS) is 11.5. The van der Waals surface area contributed by atoms with Gasteiger partial charge in [-0.05, 0) is 31.5 Å². The summed E-state index contributed by atoms with van der Waals surface area (Å²) in [6.07, 6.45) is 0.130. The molecule has 2 nitrogen and oxygen atoms in total. The molecular weight excluding hydrogens is 241 g/mol. The fourth-order valence-corrected chi connectivity index (χ4v) is 1.46. The average Bonchev–Trinajstić information content (AvgIpc) is 2.33. The highest BCUT2D eigenvalue weighted by atomic mass is 19.4. The van der Waals surface area contributed by atoms with Gasteiger partial charge < -0.3 is 5.32 Å². The van der Waals surface area contributed by atoms with Crippen molar-refractivity contribution >= 4 is 5.69 Å². The highest BCUT2D eigenvalue weighted by Gasteiger charge is 2.33. The monoisotopic (exact) mass is 254 g/mol. The van der Waals surface area contributed by atoms with Gasteiger partial charge in [-0.1, -0.05) is 12.2 Å². The zero-order valence-corrected chi connectivity index (χ0v) is 9.88. The van der Waals surface area contributed by atoms with Crippen LogP contribution in [0, 0.1) is 11.3 Å². The molecule has 0 atom stereocenters. The number of hydrogen-bond donors (Lipinski definition) is 1. The molecule has 5 heteroatoms. The summed E-state index contributed by atoms with van der Waals surface area (Å²) < 4.78 is 37.6. The van der Waals surface area contributed by atoms with E-state index in [1.165, 1.54) is 12.1 Å². The number of anilines is 1. The van der Waals surface area contributed by atoms with Gasteiger partial charge in [0.05, 0.1) is 17.2 Å². The molecular formula is C13H13F3N2. The van der Waals surface area contributed by atoms with Crippen LogP contribution in [0.2, 0.25) is 0 Å². The molecule has 0 heterocycles. The first kappa shape index (κ1) is 14.1.